The Bertz CT molecular complexity index is 642. The third-order valence-corrected chi connectivity index (χ3v) is 2.51. The van der Waals surface area contributed by atoms with Crippen LogP contribution >= 0.6 is 0 Å². The number of rotatable bonds is 2. The van der Waals surface area contributed by atoms with Crippen LogP contribution in [0.2, 0.25) is 0 Å². The Labute approximate surface area is 107 Å². The Kier molecular flexibility index (Phi) is 3.15. The van der Waals surface area contributed by atoms with E-state index in [0.29, 0.717) is 0 Å². The molecule has 0 aliphatic carbocycles. The van der Waals surface area contributed by atoms with Gasteiger partial charge in [-0.05, 0) is 12.1 Å². The maximum atomic E-state index is 11.6. The second-order valence-electron chi connectivity index (χ2n) is 3.80. The number of aromatic hydroxyl groups is 1. The van der Waals surface area contributed by atoms with Gasteiger partial charge in [0.1, 0.15) is 5.75 Å². The maximum absolute atomic E-state index is 11.6. The fraction of sp³-hybridized carbons (Fsp3) is 0. The molecular formula is C13H9NO5. The first-order valence-electron chi connectivity index (χ1n) is 5.29. The SMILES string of the molecule is O=C1C=C(C(=O)O)/C(=C/c2ccccc2O)C(=O)N1. The van der Waals surface area contributed by atoms with Crippen molar-refractivity contribution in [1.29, 1.82) is 0 Å². The van der Waals surface area contributed by atoms with Crippen molar-refractivity contribution in [3.63, 3.8) is 0 Å². The molecule has 0 saturated carbocycles. The largest absolute Gasteiger partial charge is 0.507 e. The zero-order valence-electron chi connectivity index (χ0n) is 9.58. The summed E-state index contributed by atoms with van der Waals surface area (Å²) in [5.74, 6) is -3.07. The molecule has 3 N–H and O–H groups in total. The van der Waals surface area contributed by atoms with Crippen LogP contribution in [0.3, 0.4) is 0 Å². The number of hydrogen-bond donors (Lipinski definition) is 3. The van der Waals surface area contributed by atoms with Gasteiger partial charge in [-0.25, -0.2) is 4.79 Å². The molecule has 1 aromatic rings. The quantitative estimate of drug-likeness (QED) is 0.528. The molecule has 2 amide bonds. The highest BCUT2D eigenvalue weighted by atomic mass is 16.4. The van der Waals surface area contributed by atoms with Crippen molar-refractivity contribution >= 4 is 23.9 Å². The number of carboxylic acid groups (broad SMARTS) is 1. The zero-order chi connectivity index (χ0) is 14.0. The molecule has 19 heavy (non-hydrogen) atoms. The van der Waals surface area contributed by atoms with Crippen molar-refractivity contribution in [3.05, 3.63) is 47.1 Å². The van der Waals surface area contributed by atoms with E-state index in [-0.39, 0.29) is 16.9 Å². The number of benzene rings is 1. The number of aliphatic carboxylic acids is 1. The second kappa shape index (κ2) is 4.77. The lowest BCUT2D eigenvalue weighted by molar-refractivity contribution is -0.134. The molecular weight excluding hydrogens is 250 g/mol. The number of para-hydroxylation sites is 1. The molecule has 0 fully saturated rings. The number of amides is 2. The summed E-state index contributed by atoms with van der Waals surface area (Å²) in [5, 5.41) is 20.6. The van der Waals surface area contributed by atoms with E-state index in [1.54, 1.807) is 12.1 Å². The zero-order valence-corrected chi connectivity index (χ0v) is 9.58. The Morgan fingerprint density at radius 3 is 2.53 bits per heavy atom. The van der Waals surface area contributed by atoms with Crippen molar-refractivity contribution in [2.24, 2.45) is 0 Å². The van der Waals surface area contributed by atoms with Crippen molar-refractivity contribution in [1.82, 2.24) is 5.32 Å². The van der Waals surface area contributed by atoms with Gasteiger partial charge in [0.2, 0.25) is 0 Å². The van der Waals surface area contributed by atoms with E-state index in [1.807, 2.05) is 5.32 Å². The van der Waals surface area contributed by atoms with Gasteiger partial charge in [0.05, 0.1) is 11.1 Å². The lowest BCUT2D eigenvalue weighted by Crippen LogP contribution is -2.36. The van der Waals surface area contributed by atoms with Crippen LogP contribution in [0.5, 0.6) is 5.75 Å². The summed E-state index contributed by atoms with van der Waals surface area (Å²) in [6.07, 6.45) is 2.05. The van der Waals surface area contributed by atoms with Crippen molar-refractivity contribution in [2.75, 3.05) is 0 Å². The number of nitrogens with one attached hydrogen (secondary N) is 1. The minimum atomic E-state index is -1.38. The van der Waals surface area contributed by atoms with Gasteiger partial charge in [0.25, 0.3) is 11.8 Å². The van der Waals surface area contributed by atoms with E-state index in [2.05, 4.69) is 0 Å². The van der Waals surface area contributed by atoms with E-state index < -0.39 is 23.4 Å². The fourth-order valence-electron chi connectivity index (χ4n) is 1.63. The van der Waals surface area contributed by atoms with Gasteiger partial charge >= 0.3 is 5.97 Å². The number of carbonyl (C=O) groups excluding carboxylic acids is 2. The molecule has 1 aliphatic rings. The first kappa shape index (κ1) is 12.6. The summed E-state index contributed by atoms with van der Waals surface area (Å²) in [7, 11) is 0. The summed E-state index contributed by atoms with van der Waals surface area (Å²) in [5.41, 5.74) is -0.306. The van der Waals surface area contributed by atoms with E-state index in [4.69, 9.17) is 5.11 Å². The van der Waals surface area contributed by atoms with Gasteiger partial charge in [-0.1, -0.05) is 18.2 Å². The summed E-state index contributed by atoms with van der Waals surface area (Å²) in [4.78, 5) is 33.8. The fourth-order valence-corrected chi connectivity index (χ4v) is 1.63. The number of carbonyl (C=O) groups is 3. The molecule has 0 radical (unpaired) electrons. The maximum Gasteiger partial charge on any atom is 0.336 e. The van der Waals surface area contributed by atoms with Crippen LogP contribution in [0, 0.1) is 0 Å². The van der Waals surface area contributed by atoms with Gasteiger partial charge in [0.15, 0.2) is 0 Å². The molecule has 6 heteroatoms. The normalized spacial score (nSPS) is 17.1. The molecule has 0 unspecified atom stereocenters. The van der Waals surface area contributed by atoms with Gasteiger partial charge in [-0.2, -0.15) is 0 Å². The van der Waals surface area contributed by atoms with Crippen LogP contribution < -0.4 is 5.32 Å². The molecule has 2 rings (SSSR count). The highest BCUT2D eigenvalue weighted by Crippen LogP contribution is 2.23. The predicted octanol–water partition coefficient (Wildman–Crippen LogP) is 0.443. The monoisotopic (exact) mass is 259 g/mol. The summed E-state index contributed by atoms with van der Waals surface area (Å²) >= 11 is 0. The number of hydrogen-bond acceptors (Lipinski definition) is 4. The molecule has 96 valence electrons. The molecule has 6 nitrogen and oxygen atoms in total. The lowest BCUT2D eigenvalue weighted by Gasteiger charge is -2.13. The Balaban J connectivity index is 2.55. The second-order valence-corrected chi connectivity index (χ2v) is 3.80. The first-order valence-corrected chi connectivity index (χ1v) is 5.29. The Morgan fingerprint density at radius 1 is 1.21 bits per heavy atom. The molecule has 0 atom stereocenters. The first-order chi connectivity index (χ1) is 8.99. The Hall–Kier alpha value is -2.89. The topological polar surface area (TPSA) is 104 Å². The van der Waals surface area contributed by atoms with Gasteiger partial charge in [0, 0.05) is 11.6 Å². The van der Waals surface area contributed by atoms with Crippen LogP contribution in [0.4, 0.5) is 0 Å². The van der Waals surface area contributed by atoms with Gasteiger partial charge in [-0.3, -0.25) is 14.9 Å². The Morgan fingerprint density at radius 2 is 1.89 bits per heavy atom. The van der Waals surface area contributed by atoms with Crippen LogP contribution in [0.25, 0.3) is 6.08 Å². The van der Waals surface area contributed by atoms with Crippen LogP contribution in [0.1, 0.15) is 5.56 Å². The van der Waals surface area contributed by atoms with Crippen molar-refractivity contribution < 1.29 is 24.6 Å². The van der Waals surface area contributed by atoms with E-state index in [1.165, 1.54) is 18.2 Å². The average molecular weight is 259 g/mol. The highest BCUT2D eigenvalue weighted by molar-refractivity contribution is 6.22. The number of phenols is 1. The molecule has 0 saturated heterocycles. The molecule has 1 heterocycles. The average Bonchev–Trinajstić information content (AvgIpc) is 2.34. The number of imide groups is 1. The minimum Gasteiger partial charge on any atom is -0.507 e. The molecule has 0 bridgehead atoms. The van der Waals surface area contributed by atoms with E-state index in [9.17, 15) is 19.5 Å². The van der Waals surface area contributed by atoms with Crippen molar-refractivity contribution in [2.45, 2.75) is 0 Å². The molecule has 1 aromatic carbocycles. The lowest BCUT2D eigenvalue weighted by atomic mass is 9.98. The molecule has 1 aliphatic heterocycles. The minimum absolute atomic E-state index is 0.0931. The summed E-state index contributed by atoms with van der Waals surface area (Å²) < 4.78 is 0. The summed E-state index contributed by atoms with van der Waals surface area (Å²) in [6, 6.07) is 6.14. The van der Waals surface area contributed by atoms with Crippen LogP contribution in [-0.4, -0.2) is 28.0 Å². The molecule has 0 aromatic heterocycles. The predicted molar refractivity (Wildman–Crippen MR) is 65.0 cm³/mol. The van der Waals surface area contributed by atoms with Gasteiger partial charge < -0.3 is 10.2 Å². The van der Waals surface area contributed by atoms with Crippen molar-refractivity contribution in [3.8, 4) is 5.75 Å². The standard InChI is InChI=1S/C13H9NO5/c15-10-4-2-1-3-7(10)5-8-9(13(18)19)6-11(16)14-12(8)17/h1-6,15H,(H,18,19)(H,14,16,17)/b8-5-. The van der Waals surface area contributed by atoms with E-state index in [0.717, 1.165) is 6.08 Å². The van der Waals surface area contributed by atoms with Crippen LogP contribution in [0.15, 0.2) is 41.5 Å². The number of phenolic OH excluding ortho intramolecular Hbond substituents is 1. The van der Waals surface area contributed by atoms with Crippen LogP contribution in [-0.2, 0) is 14.4 Å². The van der Waals surface area contributed by atoms with E-state index >= 15 is 0 Å². The highest BCUT2D eigenvalue weighted by Gasteiger charge is 2.27. The third-order valence-electron chi connectivity index (χ3n) is 2.51. The van der Waals surface area contributed by atoms with Gasteiger partial charge in [-0.15, -0.1) is 0 Å². The molecule has 0 spiro atoms. The third kappa shape index (κ3) is 2.52. The number of carboxylic acids is 1. The summed E-state index contributed by atoms with van der Waals surface area (Å²) in [6.45, 7) is 0. The smallest absolute Gasteiger partial charge is 0.336 e.